The molecule has 0 radical (unpaired) electrons. The van der Waals surface area contributed by atoms with Crippen LogP contribution in [-0.2, 0) is 23.8 Å². The van der Waals surface area contributed by atoms with Crippen LogP contribution in [-0.4, -0.2) is 60.9 Å². The van der Waals surface area contributed by atoms with Gasteiger partial charge in [0, 0.05) is 13.1 Å². The van der Waals surface area contributed by atoms with Crippen LogP contribution >= 0.6 is 0 Å². The van der Waals surface area contributed by atoms with Crippen LogP contribution in [0.2, 0.25) is 0 Å². The summed E-state index contributed by atoms with van der Waals surface area (Å²) in [5, 5.41) is 8.54. The smallest absolute Gasteiger partial charge is 0.305 e. The summed E-state index contributed by atoms with van der Waals surface area (Å²) in [6.45, 7) is 2.24. The molecule has 7 nitrogen and oxygen atoms in total. The monoisotopic (exact) mass is 285 g/mol. The van der Waals surface area contributed by atoms with Crippen molar-refractivity contribution in [1.29, 1.82) is 0 Å². The molecule has 1 N–H and O–H groups in total. The van der Waals surface area contributed by atoms with Gasteiger partial charge in [0.2, 0.25) is 5.76 Å². The largest absolute Gasteiger partial charge is 0.494 e. The van der Waals surface area contributed by atoms with Crippen LogP contribution in [0.25, 0.3) is 0 Å². The number of likely N-dealkylation sites (tertiary alicyclic amines) is 1. The molecule has 7 heteroatoms. The maximum Gasteiger partial charge on any atom is 0.305 e. The summed E-state index contributed by atoms with van der Waals surface area (Å²) < 4.78 is 15.8. The van der Waals surface area contributed by atoms with Crippen LogP contribution in [0.15, 0.2) is 12.0 Å². The van der Waals surface area contributed by atoms with E-state index in [0.29, 0.717) is 39.1 Å². The molecule has 0 aromatic heterocycles. The fraction of sp³-hybridized carbons (Fsp3) is 0.692. The Morgan fingerprint density at radius 3 is 2.70 bits per heavy atom. The lowest BCUT2D eigenvalue weighted by atomic mass is 10.1. The van der Waals surface area contributed by atoms with Crippen molar-refractivity contribution in [1.82, 2.24) is 4.90 Å². The Bertz CT molecular complexity index is 386. The van der Waals surface area contributed by atoms with E-state index < -0.39 is 5.97 Å². The maximum absolute atomic E-state index is 12.1. The van der Waals surface area contributed by atoms with Gasteiger partial charge in [0.15, 0.2) is 0 Å². The lowest BCUT2D eigenvalue weighted by molar-refractivity contribution is -0.139. The molecule has 112 valence electrons. The molecular formula is C13H19NO6. The lowest BCUT2D eigenvalue weighted by Crippen LogP contribution is -2.42. The van der Waals surface area contributed by atoms with Crippen molar-refractivity contribution in [3.8, 4) is 0 Å². The number of hydrogen-bond donors (Lipinski definition) is 1. The number of carbonyl (C=O) groups is 2. The number of hydrogen-bond acceptors (Lipinski definition) is 5. The third-order valence-electron chi connectivity index (χ3n) is 3.26. The van der Waals surface area contributed by atoms with Gasteiger partial charge in [-0.25, -0.2) is 0 Å². The number of carbonyl (C=O) groups excluding carboxylic acids is 1. The Labute approximate surface area is 117 Å². The first-order chi connectivity index (χ1) is 9.66. The molecule has 0 aliphatic carbocycles. The van der Waals surface area contributed by atoms with E-state index in [1.807, 2.05) is 0 Å². The van der Waals surface area contributed by atoms with E-state index in [2.05, 4.69) is 0 Å². The first kappa shape index (κ1) is 14.6. The van der Waals surface area contributed by atoms with Crippen LogP contribution in [0.5, 0.6) is 0 Å². The summed E-state index contributed by atoms with van der Waals surface area (Å²) in [5.74, 6) is -0.769. The van der Waals surface area contributed by atoms with Crippen LogP contribution in [0.1, 0.15) is 19.3 Å². The number of ether oxygens (including phenoxy) is 3. The van der Waals surface area contributed by atoms with Gasteiger partial charge in [-0.2, -0.15) is 0 Å². The van der Waals surface area contributed by atoms with Gasteiger partial charge in [-0.15, -0.1) is 0 Å². The van der Waals surface area contributed by atoms with Gasteiger partial charge in [-0.05, 0) is 12.8 Å². The van der Waals surface area contributed by atoms with E-state index in [0.717, 1.165) is 0 Å². The maximum atomic E-state index is 12.1. The van der Waals surface area contributed by atoms with Crippen molar-refractivity contribution in [2.75, 3.05) is 32.9 Å². The van der Waals surface area contributed by atoms with E-state index in [1.165, 1.54) is 6.26 Å². The van der Waals surface area contributed by atoms with E-state index >= 15 is 0 Å². The molecule has 2 heterocycles. The molecule has 2 rings (SSSR count). The van der Waals surface area contributed by atoms with E-state index in [4.69, 9.17) is 19.3 Å². The fourth-order valence-electron chi connectivity index (χ4n) is 2.17. The second-order valence-corrected chi connectivity index (χ2v) is 4.71. The molecule has 0 aromatic rings. The zero-order chi connectivity index (χ0) is 14.4. The summed E-state index contributed by atoms with van der Waals surface area (Å²) in [7, 11) is 0. The highest BCUT2D eigenvalue weighted by molar-refractivity contribution is 5.91. The molecule has 0 aromatic carbocycles. The number of piperidine rings is 1. The highest BCUT2D eigenvalue weighted by atomic mass is 16.6. The molecule has 0 spiro atoms. The number of carboxylic acids is 1. The predicted molar refractivity (Wildman–Crippen MR) is 67.8 cm³/mol. The highest BCUT2D eigenvalue weighted by Gasteiger charge is 2.27. The number of nitrogens with zero attached hydrogens (tertiary/aromatic N) is 1. The van der Waals surface area contributed by atoms with Crippen LogP contribution in [0.4, 0.5) is 0 Å². The summed E-state index contributed by atoms with van der Waals surface area (Å²) >= 11 is 0. The molecule has 1 saturated heterocycles. The third kappa shape index (κ3) is 4.12. The molecule has 0 atom stereocenters. The normalized spacial score (nSPS) is 19.8. The summed E-state index contributed by atoms with van der Waals surface area (Å²) in [6, 6.07) is 0. The van der Waals surface area contributed by atoms with Gasteiger partial charge in [-0.3, -0.25) is 9.59 Å². The van der Waals surface area contributed by atoms with Gasteiger partial charge in [0.1, 0.15) is 19.5 Å². The Balaban J connectivity index is 1.72. The predicted octanol–water partition coefficient (Wildman–Crippen LogP) is 0.357. The van der Waals surface area contributed by atoms with Crippen molar-refractivity contribution in [3.05, 3.63) is 12.0 Å². The zero-order valence-corrected chi connectivity index (χ0v) is 11.2. The SMILES string of the molecule is O=C(O)CCOC1CCN(C(=O)C2=COCCO2)CC1. The molecule has 1 amide bonds. The van der Waals surface area contributed by atoms with Gasteiger partial charge in [-0.1, -0.05) is 0 Å². The molecule has 2 aliphatic rings. The quantitative estimate of drug-likeness (QED) is 0.785. The highest BCUT2D eigenvalue weighted by Crippen LogP contribution is 2.17. The van der Waals surface area contributed by atoms with Crippen LogP contribution < -0.4 is 0 Å². The molecule has 0 bridgehead atoms. The number of aliphatic carboxylic acids is 1. The van der Waals surface area contributed by atoms with Gasteiger partial charge >= 0.3 is 5.97 Å². The first-order valence-corrected chi connectivity index (χ1v) is 6.74. The van der Waals surface area contributed by atoms with Gasteiger partial charge < -0.3 is 24.2 Å². The summed E-state index contributed by atoms with van der Waals surface area (Å²) in [4.78, 5) is 24.2. The zero-order valence-electron chi connectivity index (χ0n) is 11.2. The van der Waals surface area contributed by atoms with Gasteiger partial charge in [0.05, 0.1) is 19.1 Å². The first-order valence-electron chi connectivity index (χ1n) is 6.74. The minimum Gasteiger partial charge on any atom is -0.494 e. The van der Waals surface area contributed by atoms with Gasteiger partial charge in [0.25, 0.3) is 5.91 Å². The van der Waals surface area contributed by atoms with Crippen molar-refractivity contribution in [2.45, 2.75) is 25.4 Å². The molecule has 1 fully saturated rings. The minimum absolute atomic E-state index is 0.0111. The van der Waals surface area contributed by atoms with Crippen molar-refractivity contribution >= 4 is 11.9 Å². The van der Waals surface area contributed by atoms with E-state index in [-0.39, 0.29) is 30.8 Å². The number of amides is 1. The Hall–Kier alpha value is -1.76. The van der Waals surface area contributed by atoms with Crippen LogP contribution in [0, 0.1) is 0 Å². The van der Waals surface area contributed by atoms with E-state index in [1.54, 1.807) is 4.90 Å². The summed E-state index contributed by atoms with van der Waals surface area (Å²) in [6.07, 6.45) is 2.81. The second-order valence-electron chi connectivity index (χ2n) is 4.71. The number of carboxylic acid groups (broad SMARTS) is 1. The molecule has 0 saturated carbocycles. The molecular weight excluding hydrogens is 266 g/mol. The Kier molecular flexibility index (Phi) is 5.23. The van der Waals surface area contributed by atoms with E-state index in [9.17, 15) is 9.59 Å². The average molecular weight is 285 g/mol. The topological polar surface area (TPSA) is 85.3 Å². The minimum atomic E-state index is -0.862. The van der Waals surface area contributed by atoms with Crippen molar-refractivity contribution < 1.29 is 28.9 Å². The number of rotatable bonds is 5. The third-order valence-corrected chi connectivity index (χ3v) is 3.26. The molecule has 2 aliphatic heterocycles. The fourth-order valence-corrected chi connectivity index (χ4v) is 2.17. The Morgan fingerprint density at radius 2 is 2.10 bits per heavy atom. The second kappa shape index (κ2) is 7.14. The van der Waals surface area contributed by atoms with Crippen LogP contribution in [0.3, 0.4) is 0 Å². The molecule has 20 heavy (non-hydrogen) atoms. The molecule has 0 unspecified atom stereocenters. The average Bonchev–Trinajstić information content (AvgIpc) is 2.48. The lowest BCUT2D eigenvalue weighted by Gasteiger charge is -2.32. The van der Waals surface area contributed by atoms with Crippen molar-refractivity contribution in [2.24, 2.45) is 0 Å². The standard InChI is InChI=1S/C13H19NO6/c15-12(16)3-6-19-10-1-4-14(5-2-10)13(17)11-9-18-7-8-20-11/h9-10H,1-8H2,(H,15,16). The Morgan fingerprint density at radius 1 is 1.35 bits per heavy atom. The summed E-state index contributed by atoms with van der Waals surface area (Å²) in [5.41, 5.74) is 0. The van der Waals surface area contributed by atoms with Crippen molar-refractivity contribution in [3.63, 3.8) is 0 Å².